The first-order chi connectivity index (χ1) is 7.77. The molecule has 3 heteroatoms. The smallest absolute Gasteiger partial charge is 0.263 e. The Balaban J connectivity index is 2.03. The first kappa shape index (κ1) is 10.9. The highest BCUT2D eigenvalue weighted by molar-refractivity contribution is 7.10. The van der Waals surface area contributed by atoms with Crippen LogP contribution in [0.4, 0.5) is 5.69 Å². The summed E-state index contributed by atoms with van der Waals surface area (Å²) in [6.45, 7) is 2.11. The van der Waals surface area contributed by atoms with Crippen LogP contribution >= 0.6 is 11.3 Å². The van der Waals surface area contributed by atoms with Crippen LogP contribution in [0.15, 0.2) is 41.9 Å². The average molecular weight is 231 g/mol. The maximum atomic E-state index is 3.24. The maximum absolute atomic E-state index is 3.24. The lowest BCUT2D eigenvalue weighted by Gasteiger charge is -1.97. The van der Waals surface area contributed by atoms with Gasteiger partial charge < -0.3 is 5.32 Å². The van der Waals surface area contributed by atoms with Gasteiger partial charge in [-0.15, -0.1) is 0 Å². The second kappa shape index (κ2) is 4.94. The highest BCUT2D eigenvalue weighted by atomic mass is 32.1. The fraction of sp³-hybridized carbons (Fsp3) is 0.154. The standard InChI is InChI=1S/C13H14N2S/c1-11-10-16-13(15(11)2)8-9-14-12-6-4-3-5-7-12/h3-10H,1-2H3/p+1. The molecule has 0 unspecified atom stereocenters. The molecule has 0 radical (unpaired) electrons. The van der Waals surface area contributed by atoms with E-state index in [4.69, 9.17) is 0 Å². The van der Waals surface area contributed by atoms with E-state index in [0.717, 1.165) is 5.69 Å². The fourth-order valence-corrected chi connectivity index (χ4v) is 2.27. The van der Waals surface area contributed by atoms with E-state index in [9.17, 15) is 0 Å². The van der Waals surface area contributed by atoms with Crippen LogP contribution in [-0.4, -0.2) is 0 Å². The molecule has 1 aromatic carbocycles. The summed E-state index contributed by atoms with van der Waals surface area (Å²) in [5.41, 5.74) is 2.39. The van der Waals surface area contributed by atoms with E-state index in [2.05, 4.69) is 35.3 Å². The number of hydrogen-bond donors (Lipinski definition) is 1. The van der Waals surface area contributed by atoms with Gasteiger partial charge in [0.15, 0.2) is 5.69 Å². The quantitative estimate of drug-likeness (QED) is 0.803. The molecule has 2 rings (SSSR count). The van der Waals surface area contributed by atoms with E-state index >= 15 is 0 Å². The molecule has 1 aromatic heterocycles. The molecule has 0 aliphatic rings. The molecular weight excluding hydrogens is 216 g/mol. The number of thiazole rings is 1. The van der Waals surface area contributed by atoms with Gasteiger partial charge in [-0.2, -0.15) is 4.57 Å². The molecule has 0 atom stereocenters. The Labute approximate surface area is 99.9 Å². The molecule has 0 saturated carbocycles. The molecule has 1 N–H and O–H groups in total. The van der Waals surface area contributed by atoms with Crippen molar-refractivity contribution in [2.75, 3.05) is 5.32 Å². The zero-order valence-corrected chi connectivity index (χ0v) is 10.3. The lowest BCUT2D eigenvalue weighted by atomic mass is 10.3. The molecule has 0 amide bonds. The minimum absolute atomic E-state index is 1.11. The monoisotopic (exact) mass is 231 g/mol. The highest BCUT2D eigenvalue weighted by Gasteiger charge is 2.08. The molecule has 0 fully saturated rings. The molecule has 1 heterocycles. The summed E-state index contributed by atoms with van der Waals surface area (Å²) < 4.78 is 2.17. The average Bonchev–Trinajstić information content (AvgIpc) is 2.62. The Morgan fingerprint density at radius 2 is 2.00 bits per heavy atom. The van der Waals surface area contributed by atoms with Crippen LogP contribution in [0.5, 0.6) is 0 Å². The zero-order chi connectivity index (χ0) is 11.4. The Morgan fingerprint density at radius 1 is 1.25 bits per heavy atom. The summed E-state index contributed by atoms with van der Waals surface area (Å²) >= 11 is 1.75. The van der Waals surface area contributed by atoms with Crippen LogP contribution in [0.2, 0.25) is 0 Å². The van der Waals surface area contributed by atoms with Gasteiger partial charge in [0.2, 0.25) is 0 Å². The van der Waals surface area contributed by atoms with Crippen molar-refractivity contribution in [2.24, 2.45) is 7.05 Å². The summed E-state index contributed by atoms with van der Waals surface area (Å²) in [5, 5.41) is 6.63. The third-order valence-electron chi connectivity index (χ3n) is 2.46. The second-order valence-electron chi connectivity index (χ2n) is 3.62. The van der Waals surface area contributed by atoms with Gasteiger partial charge >= 0.3 is 0 Å². The Hall–Kier alpha value is -1.61. The van der Waals surface area contributed by atoms with Crippen LogP contribution in [-0.2, 0) is 7.05 Å². The number of nitrogens with one attached hydrogen (secondary N) is 1. The van der Waals surface area contributed by atoms with Crippen LogP contribution in [0.25, 0.3) is 6.08 Å². The molecule has 0 bridgehead atoms. The van der Waals surface area contributed by atoms with E-state index in [1.165, 1.54) is 10.7 Å². The molecule has 16 heavy (non-hydrogen) atoms. The van der Waals surface area contributed by atoms with Crippen molar-refractivity contribution in [1.82, 2.24) is 0 Å². The first-order valence-corrected chi connectivity index (χ1v) is 6.07. The number of aryl methyl sites for hydroxylation is 1. The molecule has 2 aromatic rings. The largest absolute Gasteiger partial charge is 0.361 e. The number of nitrogens with zero attached hydrogens (tertiary/aromatic N) is 1. The van der Waals surface area contributed by atoms with Crippen LogP contribution < -0.4 is 9.88 Å². The van der Waals surface area contributed by atoms with Crippen molar-refractivity contribution in [3.05, 3.63) is 52.6 Å². The third kappa shape index (κ3) is 2.49. The lowest BCUT2D eigenvalue weighted by Crippen LogP contribution is -2.31. The Morgan fingerprint density at radius 3 is 2.62 bits per heavy atom. The molecule has 0 aliphatic carbocycles. The number of benzene rings is 1. The molecule has 0 saturated heterocycles. The second-order valence-corrected chi connectivity index (χ2v) is 4.51. The van der Waals surface area contributed by atoms with E-state index in [1.807, 2.05) is 36.5 Å². The number of para-hydroxylation sites is 1. The van der Waals surface area contributed by atoms with Gasteiger partial charge in [-0.05, 0) is 12.1 Å². The summed E-state index contributed by atoms with van der Waals surface area (Å²) in [7, 11) is 2.08. The number of rotatable bonds is 3. The lowest BCUT2D eigenvalue weighted by molar-refractivity contribution is -0.674. The van der Waals surface area contributed by atoms with Gasteiger partial charge in [0, 0.05) is 24.9 Å². The normalized spacial score (nSPS) is 10.9. The maximum Gasteiger partial charge on any atom is 0.263 e. The number of hydrogen-bond acceptors (Lipinski definition) is 2. The van der Waals surface area contributed by atoms with Crippen molar-refractivity contribution < 1.29 is 4.57 Å². The van der Waals surface area contributed by atoms with Crippen molar-refractivity contribution in [3.8, 4) is 0 Å². The van der Waals surface area contributed by atoms with Gasteiger partial charge in [0.1, 0.15) is 7.05 Å². The summed E-state index contributed by atoms with van der Waals surface area (Å²) in [4.78, 5) is 0. The predicted molar refractivity (Wildman–Crippen MR) is 69.3 cm³/mol. The summed E-state index contributed by atoms with van der Waals surface area (Å²) in [6.07, 6.45) is 4.06. The fourth-order valence-electron chi connectivity index (χ4n) is 1.37. The SMILES string of the molecule is Cc1csc(/C=C/Nc2ccccc2)[n+]1C. The molecule has 0 aliphatic heterocycles. The number of anilines is 1. The minimum atomic E-state index is 1.11. The van der Waals surface area contributed by atoms with E-state index < -0.39 is 0 Å². The van der Waals surface area contributed by atoms with E-state index in [0.29, 0.717) is 0 Å². The summed E-state index contributed by atoms with van der Waals surface area (Å²) in [6, 6.07) is 10.1. The van der Waals surface area contributed by atoms with Crippen LogP contribution in [0.1, 0.15) is 10.7 Å². The molecule has 2 nitrogen and oxygen atoms in total. The molecule has 0 spiro atoms. The van der Waals surface area contributed by atoms with Crippen molar-refractivity contribution in [3.63, 3.8) is 0 Å². The van der Waals surface area contributed by atoms with Crippen molar-refractivity contribution >= 4 is 23.1 Å². The number of aromatic nitrogens is 1. The van der Waals surface area contributed by atoms with E-state index in [-0.39, 0.29) is 0 Å². The van der Waals surface area contributed by atoms with Crippen molar-refractivity contribution in [1.29, 1.82) is 0 Å². The third-order valence-corrected chi connectivity index (χ3v) is 3.57. The Kier molecular flexibility index (Phi) is 3.37. The van der Waals surface area contributed by atoms with Crippen molar-refractivity contribution in [2.45, 2.75) is 6.92 Å². The van der Waals surface area contributed by atoms with Gasteiger partial charge in [0.05, 0.1) is 5.38 Å². The van der Waals surface area contributed by atoms with Gasteiger partial charge in [-0.25, -0.2) is 0 Å². The molecule has 82 valence electrons. The molecular formula is C13H15N2S+. The van der Waals surface area contributed by atoms with Gasteiger partial charge in [-0.3, -0.25) is 0 Å². The van der Waals surface area contributed by atoms with Gasteiger partial charge in [0.25, 0.3) is 5.01 Å². The minimum Gasteiger partial charge on any atom is -0.361 e. The van der Waals surface area contributed by atoms with Gasteiger partial charge in [-0.1, -0.05) is 29.5 Å². The van der Waals surface area contributed by atoms with Crippen LogP contribution in [0, 0.1) is 6.92 Å². The zero-order valence-electron chi connectivity index (χ0n) is 9.47. The van der Waals surface area contributed by atoms with Crippen LogP contribution in [0.3, 0.4) is 0 Å². The highest BCUT2D eigenvalue weighted by Crippen LogP contribution is 2.09. The van der Waals surface area contributed by atoms with E-state index in [1.54, 1.807) is 11.3 Å². The first-order valence-electron chi connectivity index (χ1n) is 5.19. The summed E-state index contributed by atoms with van der Waals surface area (Å²) in [5.74, 6) is 0. The topological polar surface area (TPSA) is 15.9 Å². The predicted octanol–water partition coefficient (Wildman–Crippen LogP) is 2.96. The Bertz CT molecular complexity index is 486.